The average molecular weight is 300 g/mol. The van der Waals surface area contributed by atoms with Gasteiger partial charge in [-0.2, -0.15) is 0 Å². The summed E-state index contributed by atoms with van der Waals surface area (Å²) in [6, 6.07) is 6.14. The van der Waals surface area contributed by atoms with Gasteiger partial charge in [0.25, 0.3) is 0 Å². The molecule has 0 amide bonds. The van der Waals surface area contributed by atoms with Crippen molar-refractivity contribution >= 4 is 22.6 Å². The minimum Gasteiger partial charge on any atom is -0.324 e. The van der Waals surface area contributed by atoms with Crippen LogP contribution in [0, 0.1) is 13.8 Å². The van der Waals surface area contributed by atoms with Crippen LogP contribution in [0.15, 0.2) is 30.6 Å². The van der Waals surface area contributed by atoms with Crippen LogP contribution in [-0.4, -0.2) is 14.5 Å². The zero-order valence-electron chi connectivity index (χ0n) is 12.5. The molecular weight excluding hydrogens is 282 g/mol. The van der Waals surface area contributed by atoms with E-state index in [0.29, 0.717) is 5.02 Å². The summed E-state index contributed by atoms with van der Waals surface area (Å²) in [6.07, 6.45) is 4.52. The lowest BCUT2D eigenvalue weighted by Gasteiger charge is -2.10. The number of aromatic nitrogens is 3. The van der Waals surface area contributed by atoms with Crippen molar-refractivity contribution < 1.29 is 0 Å². The van der Waals surface area contributed by atoms with Crippen LogP contribution >= 0.6 is 11.6 Å². The van der Waals surface area contributed by atoms with Gasteiger partial charge in [0.1, 0.15) is 5.82 Å². The van der Waals surface area contributed by atoms with Crippen molar-refractivity contribution in [1.82, 2.24) is 14.5 Å². The van der Waals surface area contributed by atoms with Crippen molar-refractivity contribution in [3.63, 3.8) is 0 Å². The molecule has 0 aliphatic carbocycles. The van der Waals surface area contributed by atoms with E-state index in [9.17, 15) is 0 Å². The van der Waals surface area contributed by atoms with Crippen LogP contribution in [0.25, 0.3) is 22.4 Å². The van der Waals surface area contributed by atoms with Crippen LogP contribution in [0.4, 0.5) is 0 Å². The molecule has 2 heterocycles. The molecule has 3 aromatic rings. The van der Waals surface area contributed by atoms with Crippen LogP contribution in [0.3, 0.4) is 0 Å². The Morgan fingerprint density at radius 2 is 2.00 bits per heavy atom. The lowest BCUT2D eigenvalue weighted by Crippen LogP contribution is -2.01. The maximum absolute atomic E-state index is 6.08. The second-order valence-corrected chi connectivity index (χ2v) is 5.79. The fraction of sp³-hybridized carbons (Fsp3) is 0.294. The number of halogens is 1. The number of benzene rings is 1. The molecule has 0 radical (unpaired) electrons. The molecule has 0 saturated carbocycles. The second kappa shape index (κ2) is 5.49. The molecule has 0 N–H and O–H groups in total. The Hall–Kier alpha value is -1.87. The highest BCUT2D eigenvalue weighted by Gasteiger charge is 2.15. The van der Waals surface area contributed by atoms with Crippen LogP contribution < -0.4 is 0 Å². The van der Waals surface area contributed by atoms with Gasteiger partial charge < -0.3 is 4.57 Å². The highest BCUT2D eigenvalue weighted by Crippen LogP contribution is 2.29. The van der Waals surface area contributed by atoms with E-state index in [4.69, 9.17) is 16.6 Å². The van der Waals surface area contributed by atoms with Crippen LogP contribution in [0.2, 0.25) is 5.02 Å². The molecular formula is C17H18ClN3. The summed E-state index contributed by atoms with van der Waals surface area (Å²) in [5.74, 6) is 0.940. The molecule has 4 heteroatoms. The Morgan fingerprint density at radius 3 is 2.71 bits per heavy atom. The van der Waals surface area contributed by atoms with E-state index in [2.05, 4.69) is 42.5 Å². The zero-order valence-corrected chi connectivity index (χ0v) is 13.3. The third-order valence-corrected chi connectivity index (χ3v) is 4.05. The third-order valence-electron chi connectivity index (χ3n) is 3.84. The van der Waals surface area contributed by atoms with E-state index in [1.165, 1.54) is 16.6 Å². The molecule has 21 heavy (non-hydrogen) atoms. The number of hydrogen-bond acceptors (Lipinski definition) is 2. The van der Waals surface area contributed by atoms with Gasteiger partial charge in [-0.3, -0.25) is 4.98 Å². The maximum Gasteiger partial charge on any atom is 0.142 e. The molecule has 0 atom stereocenters. The quantitative estimate of drug-likeness (QED) is 0.697. The number of nitrogens with zero attached hydrogens (tertiary/aromatic N) is 3. The Balaban J connectivity index is 2.32. The summed E-state index contributed by atoms with van der Waals surface area (Å²) in [7, 11) is 0. The van der Waals surface area contributed by atoms with Gasteiger partial charge in [0, 0.05) is 24.5 Å². The van der Waals surface area contributed by atoms with Crippen molar-refractivity contribution in [2.45, 2.75) is 33.7 Å². The van der Waals surface area contributed by atoms with Crippen molar-refractivity contribution in [2.24, 2.45) is 0 Å². The minimum atomic E-state index is 0.635. The number of aryl methyl sites for hydroxylation is 3. The largest absolute Gasteiger partial charge is 0.324 e. The smallest absolute Gasteiger partial charge is 0.142 e. The number of fused-ring (bicyclic) bond motifs is 1. The summed E-state index contributed by atoms with van der Waals surface area (Å²) in [6.45, 7) is 7.41. The highest BCUT2D eigenvalue weighted by atomic mass is 35.5. The van der Waals surface area contributed by atoms with Crippen LogP contribution in [0.5, 0.6) is 0 Å². The molecule has 0 bridgehead atoms. The van der Waals surface area contributed by atoms with E-state index < -0.39 is 0 Å². The average Bonchev–Trinajstić information content (AvgIpc) is 2.83. The summed E-state index contributed by atoms with van der Waals surface area (Å²) >= 11 is 6.08. The van der Waals surface area contributed by atoms with E-state index >= 15 is 0 Å². The predicted octanol–water partition coefficient (Wildman–Crippen LogP) is 4.78. The molecule has 108 valence electrons. The van der Waals surface area contributed by atoms with E-state index in [-0.39, 0.29) is 0 Å². The minimum absolute atomic E-state index is 0.635. The first kappa shape index (κ1) is 14.1. The van der Waals surface area contributed by atoms with Gasteiger partial charge in [-0.25, -0.2) is 4.98 Å². The van der Waals surface area contributed by atoms with E-state index in [1.54, 1.807) is 6.20 Å². The van der Waals surface area contributed by atoms with Gasteiger partial charge in [-0.05, 0) is 43.5 Å². The summed E-state index contributed by atoms with van der Waals surface area (Å²) in [5, 5.41) is 0.635. The SMILES string of the molecule is CCCn1c(-c2cncc(Cl)c2)nc2ccc(C)c(C)c21. The van der Waals surface area contributed by atoms with E-state index in [0.717, 1.165) is 29.9 Å². The van der Waals surface area contributed by atoms with Crippen LogP contribution in [0.1, 0.15) is 24.5 Å². The Bertz CT molecular complexity index is 805. The van der Waals surface area contributed by atoms with Crippen molar-refractivity contribution in [2.75, 3.05) is 0 Å². The molecule has 0 aliphatic rings. The van der Waals surface area contributed by atoms with Gasteiger partial charge in [0.2, 0.25) is 0 Å². The van der Waals surface area contributed by atoms with Gasteiger partial charge >= 0.3 is 0 Å². The molecule has 1 aromatic carbocycles. The lowest BCUT2D eigenvalue weighted by atomic mass is 10.1. The number of hydrogen-bond donors (Lipinski definition) is 0. The van der Waals surface area contributed by atoms with Gasteiger partial charge in [-0.1, -0.05) is 24.6 Å². The topological polar surface area (TPSA) is 30.7 Å². The molecule has 2 aromatic heterocycles. The Morgan fingerprint density at radius 1 is 1.19 bits per heavy atom. The summed E-state index contributed by atoms with van der Waals surface area (Å²) in [5.41, 5.74) is 5.78. The first-order valence-electron chi connectivity index (χ1n) is 7.19. The normalized spacial score (nSPS) is 11.2. The van der Waals surface area contributed by atoms with E-state index in [1.807, 2.05) is 12.3 Å². The molecule has 0 spiro atoms. The summed E-state index contributed by atoms with van der Waals surface area (Å²) in [4.78, 5) is 9.00. The fourth-order valence-electron chi connectivity index (χ4n) is 2.69. The maximum atomic E-state index is 6.08. The predicted molar refractivity (Wildman–Crippen MR) is 87.7 cm³/mol. The standard InChI is InChI=1S/C17H18ClN3/c1-4-7-21-16-12(3)11(2)5-6-15(16)20-17(21)13-8-14(18)10-19-9-13/h5-6,8-10H,4,7H2,1-3H3. The van der Waals surface area contributed by atoms with Crippen molar-refractivity contribution in [3.05, 3.63) is 46.7 Å². The zero-order chi connectivity index (χ0) is 15.0. The van der Waals surface area contributed by atoms with Gasteiger partial charge in [-0.15, -0.1) is 0 Å². The Labute approximate surface area is 129 Å². The van der Waals surface area contributed by atoms with Crippen molar-refractivity contribution in [3.8, 4) is 11.4 Å². The van der Waals surface area contributed by atoms with Gasteiger partial charge in [0.05, 0.1) is 16.1 Å². The number of pyridine rings is 1. The van der Waals surface area contributed by atoms with Gasteiger partial charge in [0.15, 0.2) is 0 Å². The molecule has 0 saturated heterocycles. The molecule has 0 fully saturated rings. The fourth-order valence-corrected chi connectivity index (χ4v) is 2.87. The number of imidazole rings is 1. The monoisotopic (exact) mass is 299 g/mol. The third kappa shape index (κ3) is 2.42. The first-order chi connectivity index (χ1) is 10.1. The molecule has 3 nitrogen and oxygen atoms in total. The molecule has 0 unspecified atom stereocenters. The summed E-state index contributed by atoms with van der Waals surface area (Å²) < 4.78 is 2.28. The molecule has 0 aliphatic heterocycles. The second-order valence-electron chi connectivity index (χ2n) is 5.35. The highest BCUT2D eigenvalue weighted by molar-refractivity contribution is 6.30. The van der Waals surface area contributed by atoms with Crippen molar-refractivity contribution in [1.29, 1.82) is 0 Å². The van der Waals surface area contributed by atoms with Crippen LogP contribution in [-0.2, 0) is 6.54 Å². The lowest BCUT2D eigenvalue weighted by molar-refractivity contribution is 0.702. The molecule has 3 rings (SSSR count). The first-order valence-corrected chi connectivity index (χ1v) is 7.57. The Kier molecular flexibility index (Phi) is 3.68. The number of rotatable bonds is 3.